The highest BCUT2D eigenvalue weighted by molar-refractivity contribution is 7.92. The molecule has 8 nitrogen and oxygen atoms in total. The molecule has 1 aromatic heterocycles. The van der Waals surface area contributed by atoms with Gasteiger partial charge in [0.1, 0.15) is 17.8 Å². The second-order valence-electron chi connectivity index (χ2n) is 9.33. The largest absolute Gasteiger partial charge is 0.495 e. The van der Waals surface area contributed by atoms with Crippen LogP contribution in [0.1, 0.15) is 53.1 Å². The Bertz CT molecular complexity index is 1560. The van der Waals surface area contributed by atoms with E-state index in [1.807, 2.05) is 4.72 Å². The van der Waals surface area contributed by atoms with Gasteiger partial charge in [0.15, 0.2) is 0 Å². The highest BCUT2D eigenvalue weighted by Gasteiger charge is 2.42. The molecule has 2 aromatic carbocycles. The third kappa shape index (κ3) is 6.41. The number of aromatic nitrogens is 1. The SMILES string of the molecule is COc1cc(C(=O)O)c(F)cc1NS(=O)(=O)c1coc(-c2ccc([C@H]3CC[C@@H](C(F)(F)F)CC3)cc2C(F)(F)F)n1. The molecule has 0 spiro atoms. The van der Waals surface area contributed by atoms with Crippen LogP contribution in [0.15, 0.2) is 46.0 Å². The van der Waals surface area contributed by atoms with Crippen LogP contribution in [0.2, 0.25) is 0 Å². The molecule has 222 valence electrons. The molecule has 0 bridgehead atoms. The number of methoxy groups -OCH3 is 1. The van der Waals surface area contributed by atoms with Crippen LogP contribution in [0.4, 0.5) is 36.4 Å². The average Bonchev–Trinajstić information content (AvgIpc) is 3.39. The van der Waals surface area contributed by atoms with Gasteiger partial charge in [-0.3, -0.25) is 4.72 Å². The Morgan fingerprint density at radius 2 is 1.73 bits per heavy atom. The van der Waals surface area contributed by atoms with Gasteiger partial charge in [0.2, 0.25) is 10.9 Å². The Labute approximate surface area is 228 Å². The first kappa shape index (κ1) is 30.1. The summed E-state index contributed by atoms with van der Waals surface area (Å²) < 4.78 is 133. The molecular weight excluding hydrogens is 589 g/mol. The quantitative estimate of drug-likeness (QED) is 0.281. The van der Waals surface area contributed by atoms with Gasteiger partial charge in [0.25, 0.3) is 10.0 Å². The summed E-state index contributed by atoms with van der Waals surface area (Å²) >= 11 is 0. The lowest BCUT2D eigenvalue weighted by Gasteiger charge is -2.30. The molecule has 0 amide bonds. The predicted octanol–water partition coefficient (Wildman–Crippen LogP) is 6.84. The minimum Gasteiger partial charge on any atom is -0.495 e. The highest BCUT2D eigenvalue weighted by Crippen LogP contribution is 2.45. The zero-order valence-corrected chi connectivity index (χ0v) is 21.8. The Kier molecular flexibility index (Phi) is 7.99. The Morgan fingerprint density at radius 3 is 2.29 bits per heavy atom. The van der Waals surface area contributed by atoms with E-state index in [9.17, 15) is 43.9 Å². The normalized spacial score (nSPS) is 18.2. The number of nitrogens with one attached hydrogen (secondary N) is 1. The maximum Gasteiger partial charge on any atom is 0.417 e. The topological polar surface area (TPSA) is 119 Å². The Hall–Kier alpha value is -3.82. The van der Waals surface area contributed by atoms with Crippen molar-refractivity contribution in [2.24, 2.45) is 5.92 Å². The lowest BCUT2D eigenvalue weighted by atomic mass is 9.78. The number of aromatic carboxylic acids is 1. The molecule has 0 unspecified atom stereocenters. The molecule has 16 heteroatoms. The van der Waals surface area contributed by atoms with Crippen LogP contribution in [-0.4, -0.2) is 37.8 Å². The third-order valence-corrected chi connectivity index (χ3v) is 7.99. The van der Waals surface area contributed by atoms with E-state index in [1.54, 1.807) is 0 Å². The summed E-state index contributed by atoms with van der Waals surface area (Å²) in [7, 11) is -3.63. The second kappa shape index (κ2) is 10.9. The molecule has 1 heterocycles. The van der Waals surface area contributed by atoms with Gasteiger partial charge < -0.3 is 14.3 Å². The highest BCUT2D eigenvalue weighted by atomic mass is 32.2. The maximum absolute atomic E-state index is 14.2. The Morgan fingerprint density at radius 1 is 1.07 bits per heavy atom. The van der Waals surface area contributed by atoms with Crippen LogP contribution in [0.25, 0.3) is 11.5 Å². The van der Waals surface area contributed by atoms with Crippen molar-refractivity contribution in [3.63, 3.8) is 0 Å². The predicted molar refractivity (Wildman–Crippen MR) is 128 cm³/mol. The van der Waals surface area contributed by atoms with Crippen molar-refractivity contribution < 1.29 is 58.2 Å². The van der Waals surface area contributed by atoms with E-state index < -0.39 is 79.3 Å². The smallest absolute Gasteiger partial charge is 0.417 e. The van der Waals surface area contributed by atoms with Gasteiger partial charge in [-0.2, -0.15) is 39.7 Å². The summed E-state index contributed by atoms with van der Waals surface area (Å²) in [6.07, 6.45) is -9.09. The van der Waals surface area contributed by atoms with Crippen molar-refractivity contribution in [3.05, 3.63) is 59.1 Å². The number of sulfonamides is 1. The number of alkyl halides is 6. The van der Waals surface area contributed by atoms with Crippen LogP contribution < -0.4 is 9.46 Å². The first-order valence-corrected chi connectivity index (χ1v) is 13.4. The standard InChI is InChI=1S/C25H21F7N2O6S/c1-39-20-9-16(23(35)36)18(26)10-19(20)34-41(37,38)21-11-40-22(33-21)15-7-4-13(8-17(15)25(30,31)32)12-2-5-14(6-3-12)24(27,28)29/h4,7-12,14,34H,2-3,5-6H2,1H3,(H,35,36)/t12-,14+. The molecule has 1 fully saturated rings. The summed E-state index contributed by atoms with van der Waals surface area (Å²) in [5, 5.41) is 8.16. The zero-order chi connectivity index (χ0) is 30.3. The number of ether oxygens (including phenoxy) is 1. The fourth-order valence-electron chi connectivity index (χ4n) is 4.66. The number of halogens is 7. The lowest BCUT2D eigenvalue weighted by Crippen LogP contribution is -2.27. The van der Waals surface area contributed by atoms with E-state index in [1.165, 1.54) is 6.07 Å². The van der Waals surface area contributed by atoms with Gasteiger partial charge in [0.05, 0.1) is 29.8 Å². The lowest BCUT2D eigenvalue weighted by molar-refractivity contribution is -0.182. The number of carbonyl (C=O) groups is 1. The minimum atomic E-state index is -4.95. The second-order valence-corrected chi connectivity index (χ2v) is 11.0. The van der Waals surface area contributed by atoms with Gasteiger partial charge in [-0.1, -0.05) is 6.07 Å². The van der Waals surface area contributed by atoms with Gasteiger partial charge in [-0.15, -0.1) is 0 Å². The first-order valence-electron chi connectivity index (χ1n) is 11.9. The summed E-state index contributed by atoms with van der Waals surface area (Å²) in [5.41, 5.74) is -2.97. The number of hydrogen-bond donors (Lipinski definition) is 2. The van der Waals surface area contributed by atoms with E-state index in [-0.39, 0.29) is 37.0 Å². The fraction of sp³-hybridized carbons (Fsp3) is 0.360. The third-order valence-electron chi connectivity index (χ3n) is 6.76. The average molecular weight is 611 g/mol. The van der Waals surface area contributed by atoms with Crippen molar-refractivity contribution in [1.29, 1.82) is 0 Å². The van der Waals surface area contributed by atoms with E-state index >= 15 is 0 Å². The molecule has 0 radical (unpaired) electrons. The van der Waals surface area contributed by atoms with Crippen LogP contribution in [-0.2, 0) is 16.2 Å². The van der Waals surface area contributed by atoms with Crippen molar-refractivity contribution in [2.75, 3.05) is 11.8 Å². The minimum absolute atomic E-state index is 0.0470. The molecule has 1 saturated carbocycles. The molecule has 3 aromatic rings. The molecule has 2 N–H and O–H groups in total. The van der Waals surface area contributed by atoms with Gasteiger partial charge in [0, 0.05) is 11.6 Å². The maximum atomic E-state index is 14.2. The number of rotatable bonds is 7. The summed E-state index contributed by atoms with van der Waals surface area (Å²) in [5.74, 6) is -6.06. The molecule has 4 rings (SSSR count). The van der Waals surface area contributed by atoms with Gasteiger partial charge in [-0.25, -0.2) is 9.18 Å². The molecule has 0 atom stereocenters. The molecule has 41 heavy (non-hydrogen) atoms. The fourth-order valence-corrected chi connectivity index (χ4v) is 5.59. The summed E-state index contributed by atoms with van der Waals surface area (Å²) in [4.78, 5) is 14.8. The molecule has 1 aliphatic rings. The Balaban J connectivity index is 1.63. The monoisotopic (exact) mass is 610 g/mol. The van der Waals surface area contributed by atoms with E-state index in [4.69, 9.17) is 14.3 Å². The summed E-state index contributed by atoms with van der Waals surface area (Å²) in [6, 6.07) is 4.38. The first-order chi connectivity index (χ1) is 19.0. The van der Waals surface area contributed by atoms with Crippen molar-refractivity contribution in [3.8, 4) is 17.2 Å². The number of nitrogens with zero attached hydrogens (tertiary/aromatic N) is 1. The number of oxazole rings is 1. The molecule has 0 aliphatic heterocycles. The van der Waals surface area contributed by atoms with E-state index in [0.29, 0.717) is 12.3 Å². The van der Waals surface area contributed by atoms with Crippen LogP contribution in [0, 0.1) is 11.7 Å². The van der Waals surface area contributed by atoms with Gasteiger partial charge >= 0.3 is 18.3 Å². The number of carboxylic acids is 1. The summed E-state index contributed by atoms with van der Waals surface area (Å²) in [6.45, 7) is 0. The van der Waals surface area contributed by atoms with E-state index in [0.717, 1.165) is 25.3 Å². The number of anilines is 1. The molecular formula is C25H21F7N2O6S. The molecule has 1 aliphatic carbocycles. The van der Waals surface area contributed by atoms with Crippen molar-refractivity contribution in [2.45, 2.75) is 49.0 Å². The number of benzene rings is 2. The van der Waals surface area contributed by atoms with Crippen LogP contribution >= 0.6 is 0 Å². The van der Waals surface area contributed by atoms with Crippen LogP contribution in [0.3, 0.4) is 0 Å². The van der Waals surface area contributed by atoms with Gasteiger partial charge in [-0.05, 0) is 55.4 Å². The number of hydrogen-bond acceptors (Lipinski definition) is 6. The van der Waals surface area contributed by atoms with Crippen molar-refractivity contribution >= 4 is 21.7 Å². The molecule has 0 saturated heterocycles. The van der Waals surface area contributed by atoms with Crippen molar-refractivity contribution in [1.82, 2.24) is 4.98 Å². The van der Waals surface area contributed by atoms with Crippen LogP contribution in [0.5, 0.6) is 5.75 Å². The van der Waals surface area contributed by atoms with E-state index in [2.05, 4.69) is 4.98 Å². The number of carboxylic acid groups (broad SMARTS) is 1. The zero-order valence-electron chi connectivity index (χ0n) is 20.9.